The first-order valence-electron chi connectivity index (χ1n) is 7.68. The minimum absolute atomic E-state index is 0.178. The van der Waals surface area contributed by atoms with E-state index in [0.717, 1.165) is 18.5 Å². The summed E-state index contributed by atoms with van der Waals surface area (Å²) in [6.45, 7) is 8.54. The van der Waals surface area contributed by atoms with Gasteiger partial charge in [0, 0.05) is 10.7 Å². The van der Waals surface area contributed by atoms with E-state index in [-0.39, 0.29) is 5.97 Å². The van der Waals surface area contributed by atoms with Crippen LogP contribution in [0.1, 0.15) is 47.0 Å². The highest BCUT2D eigenvalue weighted by atomic mass is 35.5. The smallest absolute Gasteiger partial charge is 0.331 e. The lowest BCUT2D eigenvalue weighted by atomic mass is 9.84. The molecular formula is C17H26ClNO2. The highest BCUT2D eigenvalue weighted by Gasteiger charge is 2.39. The van der Waals surface area contributed by atoms with Gasteiger partial charge in [0.05, 0.1) is 6.61 Å². The van der Waals surface area contributed by atoms with Crippen LogP contribution in [0.3, 0.4) is 0 Å². The Bertz CT molecular complexity index is 447. The number of carbonyl (C=O) groups excluding carboxylic acids is 1. The van der Waals surface area contributed by atoms with Crippen molar-refractivity contribution in [3.8, 4) is 0 Å². The van der Waals surface area contributed by atoms with Gasteiger partial charge in [0.15, 0.2) is 0 Å². The van der Waals surface area contributed by atoms with Gasteiger partial charge in [-0.1, -0.05) is 38.8 Å². The molecule has 0 saturated carbocycles. The average Bonchev–Trinajstić information content (AvgIpc) is 2.48. The Hall–Kier alpha value is -1.22. The zero-order valence-corrected chi connectivity index (χ0v) is 14.2. The largest absolute Gasteiger partial charge is 0.464 e. The van der Waals surface area contributed by atoms with E-state index in [4.69, 9.17) is 16.3 Å². The highest BCUT2D eigenvalue weighted by Crippen LogP contribution is 2.29. The molecule has 0 aliphatic rings. The number of esters is 1. The molecule has 2 unspecified atom stereocenters. The van der Waals surface area contributed by atoms with Crippen molar-refractivity contribution in [1.82, 2.24) is 0 Å². The van der Waals surface area contributed by atoms with Crippen molar-refractivity contribution in [3.05, 3.63) is 29.3 Å². The van der Waals surface area contributed by atoms with Crippen LogP contribution in [-0.4, -0.2) is 18.1 Å². The van der Waals surface area contributed by atoms with Crippen molar-refractivity contribution in [1.29, 1.82) is 0 Å². The minimum Gasteiger partial charge on any atom is -0.464 e. The van der Waals surface area contributed by atoms with Gasteiger partial charge in [-0.05, 0) is 49.9 Å². The van der Waals surface area contributed by atoms with E-state index in [0.29, 0.717) is 24.0 Å². The van der Waals surface area contributed by atoms with E-state index in [9.17, 15) is 4.79 Å². The van der Waals surface area contributed by atoms with Crippen LogP contribution in [0.5, 0.6) is 0 Å². The number of halogens is 1. The highest BCUT2D eigenvalue weighted by molar-refractivity contribution is 6.30. The quantitative estimate of drug-likeness (QED) is 0.694. The summed E-state index contributed by atoms with van der Waals surface area (Å²) in [6, 6.07) is 7.42. The molecular weight excluding hydrogens is 286 g/mol. The lowest BCUT2D eigenvalue weighted by Crippen LogP contribution is -2.48. The molecule has 118 valence electrons. The molecule has 2 atom stereocenters. The van der Waals surface area contributed by atoms with Crippen LogP contribution in [0, 0.1) is 5.92 Å². The van der Waals surface area contributed by atoms with E-state index in [2.05, 4.69) is 19.2 Å². The third kappa shape index (κ3) is 4.92. The zero-order valence-electron chi connectivity index (χ0n) is 13.4. The second-order valence-corrected chi connectivity index (χ2v) is 5.94. The van der Waals surface area contributed by atoms with Crippen LogP contribution in [-0.2, 0) is 9.53 Å². The molecule has 4 heteroatoms. The van der Waals surface area contributed by atoms with Gasteiger partial charge in [0.1, 0.15) is 5.54 Å². The van der Waals surface area contributed by atoms with Crippen molar-refractivity contribution >= 4 is 23.3 Å². The van der Waals surface area contributed by atoms with E-state index >= 15 is 0 Å². The van der Waals surface area contributed by atoms with Gasteiger partial charge >= 0.3 is 5.97 Å². The number of hydrogen-bond acceptors (Lipinski definition) is 3. The van der Waals surface area contributed by atoms with Crippen molar-refractivity contribution in [2.75, 3.05) is 11.9 Å². The van der Waals surface area contributed by atoms with Crippen LogP contribution < -0.4 is 5.32 Å². The Morgan fingerprint density at radius 3 is 2.38 bits per heavy atom. The van der Waals surface area contributed by atoms with Gasteiger partial charge in [-0.3, -0.25) is 0 Å². The zero-order chi connectivity index (χ0) is 15.9. The van der Waals surface area contributed by atoms with Gasteiger partial charge in [-0.2, -0.15) is 0 Å². The van der Waals surface area contributed by atoms with Crippen molar-refractivity contribution in [2.45, 2.75) is 52.5 Å². The maximum Gasteiger partial charge on any atom is 0.331 e. The SMILES string of the molecule is CCOC(=O)C(CC)(CC(C)CC)Nc1ccc(Cl)cc1. The Morgan fingerprint density at radius 2 is 1.90 bits per heavy atom. The lowest BCUT2D eigenvalue weighted by molar-refractivity contribution is -0.149. The Kier molecular flexibility index (Phi) is 7.03. The van der Waals surface area contributed by atoms with Crippen LogP contribution in [0.15, 0.2) is 24.3 Å². The Labute approximate surface area is 133 Å². The molecule has 0 spiro atoms. The van der Waals surface area contributed by atoms with Gasteiger partial charge in [-0.25, -0.2) is 4.79 Å². The topological polar surface area (TPSA) is 38.3 Å². The summed E-state index contributed by atoms with van der Waals surface area (Å²) in [5.74, 6) is 0.261. The third-order valence-electron chi connectivity index (χ3n) is 3.89. The predicted octanol–water partition coefficient (Wildman–Crippen LogP) is 4.90. The number of carbonyl (C=O) groups is 1. The first-order chi connectivity index (χ1) is 9.97. The minimum atomic E-state index is -0.681. The maximum absolute atomic E-state index is 12.5. The second kappa shape index (κ2) is 8.28. The predicted molar refractivity (Wildman–Crippen MR) is 88.8 cm³/mol. The molecule has 0 aliphatic heterocycles. The molecule has 0 aromatic heterocycles. The number of rotatable bonds is 8. The summed E-state index contributed by atoms with van der Waals surface area (Å²) < 4.78 is 5.31. The fourth-order valence-corrected chi connectivity index (χ4v) is 2.51. The number of hydrogen-bond donors (Lipinski definition) is 1. The molecule has 1 aromatic rings. The van der Waals surface area contributed by atoms with E-state index < -0.39 is 5.54 Å². The van der Waals surface area contributed by atoms with Crippen molar-refractivity contribution in [3.63, 3.8) is 0 Å². The van der Waals surface area contributed by atoms with E-state index in [1.54, 1.807) is 0 Å². The summed E-state index contributed by atoms with van der Waals surface area (Å²) in [4.78, 5) is 12.5. The number of ether oxygens (including phenoxy) is 1. The number of benzene rings is 1. The fraction of sp³-hybridized carbons (Fsp3) is 0.588. The van der Waals surface area contributed by atoms with Crippen LogP contribution in [0.4, 0.5) is 5.69 Å². The molecule has 3 nitrogen and oxygen atoms in total. The number of anilines is 1. The molecule has 1 rings (SSSR count). The third-order valence-corrected chi connectivity index (χ3v) is 4.14. The van der Waals surface area contributed by atoms with Gasteiger partial charge in [-0.15, -0.1) is 0 Å². The molecule has 1 aromatic carbocycles. The van der Waals surface area contributed by atoms with Gasteiger partial charge in [0.2, 0.25) is 0 Å². The molecule has 0 amide bonds. The molecule has 0 bridgehead atoms. The summed E-state index contributed by atoms with van der Waals surface area (Å²) in [5, 5.41) is 4.07. The Balaban J connectivity index is 3.03. The van der Waals surface area contributed by atoms with Crippen LogP contribution in [0.25, 0.3) is 0 Å². The molecule has 21 heavy (non-hydrogen) atoms. The van der Waals surface area contributed by atoms with Crippen LogP contribution >= 0.6 is 11.6 Å². The van der Waals surface area contributed by atoms with E-state index in [1.807, 2.05) is 38.1 Å². The second-order valence-electron chi connectivity index (χ2n) is 5.51. The lowest BCUT2D eigenvalue weighted by Gasteiger charge is -2.34. The summed E-state index contributed by atoms with van der Waals surface area (Å²) in [5.41, 5.74) is 0.205. The first-order valence-corrected chi connectivity index (χ1v) is 8.06. The van der Waals surface area contributed by atoms with Crippen LogP contribution in [0.2, 0.25) is 5.02 Å². The molecule has 0 radical (unpaired) electrons. The molecule has 1 N–H and O–H groups in total. The van der Waals surface area contributed by atoms with Gasteiger partial charge < -0.3 is 10.1 Å². The number of nitrogens with one attached hydrogen (secondary N) is 1. The first kappa shape index (κ1) is 17.8. The standard InChI is InChI=1S/C17H26ClNO2/c1-5-13(4)12-17(6-2,16(20)21-7-3)19-15-10-8-14(18)9-11-15/h8-11,13,19H,5-7,12H2,1-4H3. The maximum atomic E-state index is 12.5. The monoisotopic (exact) mass is 311 g/mol. The average molecular weight is 312 g/mol. The van der Waals surface area contributed by atoms with Crippen molar-refractivity contribution < 1.29 is 9.53 Å². The molecule has 0 saturated heterocycles. The molecule has 0 fully saturated rings. The van der Waals surface area contributed by atoms with E-state index in [1.165, 1.54) is 0 Å². The molecule has 0 aliphatic carbocycles. The van der Waals surface area contributed by atoms with Gasteiger partial charge in [0.25, 0.3) is 0 Å². The Morgan fingerprint density at radius 1 is 1.29 bits per heavy atom. The summed E-state index contributed by atoms with van der Waals surface area (Å²) in [6.07, 6.45) is 2.46. The summed E-state index contributed by atoms with van der Waals surface area (Å²) >= 11 is 5.92. The summed E-state index contributed by atoms with van der Waals surface area (Å²) in [7, 11) is 0. The normalized spacial score (nSPS) is 15.1. The fourth-order valence-electron chi connectivity index (χ4n) is 2.38. The molecule has 0 heterocycles. The van der Waals surface area contributed by atoms with Crippen molar-refractivity contribution in [2.24, 2.45) is 5.92 Å².